The standard InChI is InChI=1S/C16H15N3O4/c1-10-13(11(2)23-19-10)8-15(20)21-9-14-17-18-16(22-14)12-6-4-3-5-7-12/h3-7H,8-9H2,1-2H3. The Bertz CT molecular complexity index is 788. The van der Waals surface area contributed by atoms with Gasteiger partial charge < -0.3 is 13.7 Å². The fraction of sp³-hybridized carbons (Fsp3) is 0.250. The van der Waals surface area contributed by atoms with Crippen molar-refractivity contribution in [3.05, 3.63) is 53.2 Å². The van der Waals surface area contributed by atoms with E-state index in [0.29, 0.717) is 17.3 Å². The van der Waals surface area contributed by atoms with Gasteiger partial charge in [0.2, 0.25) is 5.89 Å². The van der Waals surface area contributed by atoms with Gasteiger partial charge in [0.25, 0.3) is 5.89 Å². The summed E-state index contributed by atoms with van der Waals surface area (Å²) in [5.74, 6) is 0.848. The second-order valence-electron chi connectivity index (χ2n) is 5.01. The third-order valence-electron chi connectivity index (χ3n) is 3.35. The number of carbonyl (C=O) groups is 1. The SMILES string of the molecule is Cc1noc(C)c1CC(=O)OCc1nnc(-c2ccccc2)o1. The van der Waals surface area contributed by atoms with Gasteiger partial charge in [0.15, 0.2) is 6.61 Å². The molecule has 3 aromatic rings. The highest BCUT2D eigenvalue weighted by atomic mass is 16.5. The molecule has 0 N–H and O–H groups in total. The second kappa shape index (κ2) is 6.43. The molecule has 0 unspecified atom stereocenters. The van der Waals surface area contributed by atoms with Crippen molar-refractivity contribution in [1.82, 2.24) is 15.4 Å². The van der Waals surface area contributed by atoms with Gasteiger partial charge in [-0.1, -0.05) is 23.4 Å². The molecule has 7 nitrogen and oxygen atoms in total. The highest BCUT2D eigenvalue weighted by molar-refractivity contribution is 5.73. The molecule has 0 fully saturated rings. The fourth-order valence-corrected chi connectivity index (χ4v) is 2.10. The molecule has 1 aromatic carbocycles. The summed E-state index contributed by atoms with van der Waals surface area (Å²) >= 11 is 0. The van der Waals surface area contributed by atoms with Crippen LogP contribution in [0.4, 0.5) is 0 Å². The van der Waals surface area contributed by atoms with E-state index in [2.05, 4.69) is 15.4 Å². The van der Waals surface area contributed by atoms with Gasteiger partial charge in [-0.3, -0.25) is 4.79 Å². The summed E-state index contributed by atoms with van der Waals surface area (Å²) in [5, 5.41) is 11.6. The van der Waals surface area contributed by atoms with Gasteiger partial charge in [0.05, 0.1) is 12.1 Å². The van der Waals surface area contributed by atoms with E-state index >= 15 is 0 Å². The van der Waals surface area contributed by atoms with Gasteiger partial charge in [-0.2, -0.15) is 0 Å². The molecule has 2 aromatic heterocycles. The third-order valence-corrected chi connectivity index (χ3v) is 3.35. The number of hydrogen-bond acceptors (Lipinski definition) is 7. The Morgan fingerprint density at radius 3 is 2.65 bits per heavy atom. The van der Waals surface area contributed by atoms with Crippen molar-refractivity contribution in [2.24, 2.45) is 0 Å². The zero-order valence-corrected chi connectivity index (χ0v) is 12.8. The predicted molar refractivity (Wildman–Crippen MR) is 79.2 cm³/mol. The van der Waals surface area contributed by atoms with Crippen molar-refractivity contribution in [3.63, 3.8) is 0 Å². The van der Waals surface area contributed by atoms with Crippen LogP contribution in [0.2, 0.25) is 0 Å². The largest absolute Gasteiger partial charge is 0.455 e. The number of hydrogen-bond donors (Lipinski definition) is 0. The first-order valence-corrected chi connectivity index (χ1v) is 7.08. The summed E-state index contributed by atoms with van der Waals surface area (Å²) in [6.45, 7) is 3.47. The Morgan fingerprint density at radius 1 is 1.17 bits per heavy atom. The number of rotatable bonds is 5. The third kappa shape index (κ3) is 3.45. The first-order valence-electron chi connectivity index (χ1n) is 7.08. The van der Waals surface area contributed by atoms with Crippen molar-refractivity contribution in [1.29, 1.82) is 0 Å². The Labute approximate surface area is 132 Å². The van der Waals surface area contributed by atoms with Crippen molar-refractivity contribution in [3.8, 4) is 11.5 Å². The lowest BCUT2D eigenvalue weighted by atomic mass is 10.1. The molecule has 0 amide bonds. The highest BCUT2D eigenvalue weighted by Gasteiger charge is 2.16. The average Bonchev–Trinajstić information content (AvgIpc) is 3.16. The smallest absolute Gasteiger partial charge is 0.310 e. The van der Waals surface area contributed by atoms with E-state index in [1.165, 1.54) is 0 Å². The summed E-state index contributed by atoms with van der Waals surface area (Å²) in [6, 6.07) is 9.38. The summed E-state index contributed by atoms with van der Waals surface area (Å²) in [6.07, 6.45) is 0.0981. The average molecular weight is 313 g/mol. The van der Waals surface area contributed by atoms with Crippen LogP contribution < -0.4 is 0 Å². The zero-order chi connectivity index (χ0) is 16.2. The van der Waals surface area contributed by atoms with Crippen LogP contribution >= 0.6 is 0 Å². The van der Waals surface area contributed by atoms with Crippen molar-refractivity contribution in [2.45, 2.75) is 26.9 Å². The van der Waals surface area contributed by atoms with Gasteiger partial charge in [0.1, 0.15) is 5.76 Å². The fourth-order valence-electron chi connectivity index (χ4n) is 2.10. The molecule has 0 spiro atoms. The first-order chi connectivity index (χ1) is 11.1. The first kappa shape index (κ1) is 15.0. The van der Waals surface area contributed by atoms with E-state index in [1.807, 2.05) is 30.3 Å². The Hall–Kier alpha value is -2.96. The second-order valence-corrected chi connectivity index (χ2v) is 5.01. The van der Waals surface area contributed by atoms with Crippen LogP contribution in [0.15, 0.2) is 39.3 Å². The topological polar surface area (TPSA) is 91.2 Å². The Kier molecular flexibility index (Phi) is 4.18. The molecular formula is C16H15N3O4. The zero-order valence-electron chi connectivity index (χ0n) is 12.8. The predicted octanol–water partition coefficient (Wildman–Crippen LogP) is 2.63. The number of aromatic nitrogens is 3. The minimum Gasteiger partial charge on any atom is -0.455 e. The number of ether oxygens (including phenoxy) is 1. The summed E-state index contributed by atoms with van der Waals surface area (Å²) in [4.78, 5) is 11.9. The van der Waals surface area contributed by atoms with Crippen LogP contribution in [0, 0.1) is 13.8 Å². The van der Waals surface area contributed by atoms with Crippen LogP contribution in [0.3, 0.4) is 0 Å². The lowest BCUT2D eigenvalue weighted by Gasteiger charge is -2.01. The highest BCUT2D eigenvalue weighted by Crippen LogP contribution is 2.18. The monoisotopic (exact) mass is 313 g/mol. The van der Waals surface area contributed by atoms with Gasteiger partial charge in [-0.15, -0.1) is 10.2 Å². The molecule has 118 valence electrons. The van der Waals surface area contributed by atoms with Crippen LogP contribution in [-0.4, -0.2) is 21.3 Å². The lowest BCUT2D eigenvalue weighted by Crippen LogP contribution is -2.09. The molecular weight excluding hydrogens is 298 g/mol. The van der Waals surface area contributed by atoms with Crippen molar-refractivity contribution in [2.75, 3.05) is 0 Å². The van der Waals surface area contributed by atoms with E-state index in [0.717, 1.165) is 11.1 Å². The number of aryl methyl sites for hydroxylation is 2. The van der Waals surface area contributed by atoms with E-state index in [-0.39, 0.29) is 18.9 Å². The molecule has 0 saturated heterocycles. The minimum atomic E-state index is -0.404. The molecule has 0 aliphatic heterocycles. The molecule has 23 heavy (non-hydrogen) atoms. The number of esters is 1. The Balaban J connectivity index is 1.59. The van der Waals surface area contributed by atoms with Crippen LogP contribution in [0.25, 0.3) is 11.5 Å². The maximum Gasteiger partial charge on any atom is 0.310 e. The minimum absolute atomic E-state index is 0.0674. The molecule has 0 aliphatic carbocycles. The van der Waals surface area contributed by atoms with Crippen LogP contribution in [0.1, 0.15) is 22.9 Å². The summed E-state index contributed by atoms with van der Waals surface area (Å²) in [7, 11) is 0. The van der Waals surface area contributed by atoms with Crippen molar-refractivity contribution < 1.29 is 18.5 Å². The van der Waals surface area contributed by atoms with E-state index in [4.69, 9.17) is 13.7 Å². The molecule has 2 heterocycles. The number of carbonyl (C=O) groups excluding carboxylic acids is 1. The van der Waals surface area contributed by atoms with Gasteiger partial charge in [-0.05, 0) is 26.0 Å². The van der Waals surface area contributed by atoms with E-state index < -0.39 is 5.97 Å². The van der Waals surface area contributed by atoms with Crippen LogP contribution in [0.5, 0.6) is 0 Å². The van der Waals surface area contributed by atoms with Gasteiger partial charge in [-0.25, -0.2) is 0 Å². The van der Waals surface area contributed by atoms with Crippen LogP contribution in [-0.2, 0) is 22.6 Å². The van der Waals surface area contributed by atoms with Gasteiger partial charge in [0, 0.05) is 11.1 Å². The maximum atomic E-state index is 11.9. The number of nitrogens with zero attached hydrogens (tertiary/aromatic N) is 3. The van der Waals surface area contributed by atoms with Crippen molar-refractivity contribution >= 4 is 5.97 Å². The van der Waals surface area contributed by atoms with E-state index in [9.17, 15) is 4.79 Å². The molecule has 0 saturated carbocycles. The maximum absolute atomic E-state index is 11.9. The molecule has 0 atom stereocenters. The lowest BCUT2D eigenvalue weighted by molar-refractivity contribution is -0.144. The Morgan fingerprint density at radius 2 is 1.96 bits per heavy atom. The summed E-state index contributed by atoms with van der Waals surface area (Å²) in [5.41, 5.74) is 2.24. The molecule has 0 aliphatic rings. The molecule has 3 rings (SSSR count). The number of benzene rings is 1. The summed E-state index contributed by atoms with van der Waals surface area (Å²) < 4.78 is 15.6. The molecule has 7 heteroatoms. The molecule has 0 bridgehead atoms. The molecule has 0 radical (unpaired) electrons. The van der Waals surface area contributed by atoms with Gasteiger partial charge >= 0.3 is 5.97 Å². The normalized spacial score (nSPS) is 10.7. The van der Waals surface area contributed by atoms with E-state index in [1.54, 1.807) is 13.8 Å². The quantitative estimate of drug-likeness (QED) is 0.668.